The van der Waals surface area contributed by atoms with Gasteiger partial charge in [-0.1, -0.05) is 36.7 Å². The molecule has 2 aromatic carbocycles. The predicted molar refractivity (Wildman–Crippen MR) is 119 cm³/mol. The van der Waals surface area contributed by atoms with E-state index < -0.39 is 4.92 Å². The Morgan fingerprint density at radius 3 is 2.61 bits per heavy atom. The zero-order chi connectivity index (χ0) is 22.1. The molecule has 7 nitrogen and oxygen atoms in total. The highest BCUT2D eigenvalue weighted by Crippen LogP contribution is 2.43. The smallest absolute Gasteiger partial charge is 0.294 e. The van der Waals surface area contributed by atoms with Gasteiger partial charge < -0.3 is 5.32 Å². The van der Waals surface area contributed by atoms with Gasteiger partial charge in [0.15, 0.2) is 0 Å². The summed E-state index contributed by atoms with van der Waals surface area (Å²) in [6.45, 7) is 2.54. The van der Waals surface area contributed by atoms with E-state index in [-0.39, 0.29) is 35.0 Å². The van der Waals surface area contributed by atoms with E-state index in [4.69, 9.17) is 11.6 Å². The molecule has 2 aliphatic rings. The second-order valence-corrected chi connectivity index (χ2v) is 8.78. The number of nitrogens with one attached hydrogen (secondary N) is 1. The van der Waals surface area contributed by atoms with Crippen molar-refractivity contribution in [3.8, 4) is 0 Å². The quantitative estimate of drug-likeness (QED) is 0.393. The average molecular weight is 442 g/mol. The number of hydrogen-bond donors (Lipinski definition) is 1. The molecule has 0 spiro atoms. The Kier molecular flexibility index (Phi) is 5.96. The van der Waals surface area contributed by atoms with Gasteiger partial charge in [0.05, 0.1) is 22.4 Å². The number of amides is 2. The van der Waals surface area contributed by atoms with Crippen LogP contribution in [0, 0.1) is 27.9 Å². The first-order valence-corrected chi connectivity index (χ1v) is 10.9. The van der Waals surface area contributed by atoms with Crippen molar-refractivity contribution >= 4 is 40.5 Å². The maximum Gasteiger partial charge on any atom is 0.294 e. The molecular formula is C23H24ClN3O4. The van der Waals surface area contributed by atoms with E-state index >= 15 is 0 Å². The van der Waals surface area contributed by atoms with Crippen LogP contribution in [0.5, 0.6) is 0 Å². The summed E-state index contributed by atoms with van der Waals surface area (Å²) in [5, 5.41) is 15.4. The lowest BCUT2D eigenvalue weighted by Gasteiger charge is -2.25. The number of hydrogen-bond acceptors (Lipinski definition) is 5. The first-order chi connectivity index (χ1) is 14.9. The standard InChI is InChI=1S/C23H24ClN3O4/c1-14-6-8-17-18(12-14)23(29)26(22(17)28)16-7-9-20(21(13-16)27(30)31)25-11-10-15-4-2-3-5-19(15)24/h2-5,7,9,13-14,17-18,25H,6,8,10-12H2,1H3/t14-,17-,18-/m1/s1. The van der Waals surface area contributed by atoms with Crippen LogP contribution in [0.25, 0.3) is 0 Å². The van der Waals surface area contributed by atoms with E-state index in [1.165, 1.54) is 6.07 Å². The van der Waals surface area contributed by atoms with E-state index in [9.17, 15) is 19.7 Å². The number of carbonyl (C=O) groups is 2. The van der Waals surface area contributed by atoms with Gasteiger partial charge in [-0.2, -0.15) is 0 Å². The lowest BCUT2D eigenvalue weighted by molar-refractivity contribution is -0.383. The molecule has 2 aromatic rings. The summed E-state index contributed by atoms with van der Waals surface area (Å²) >= 11 is 6.16. The van der Waals surface area contributed by atoms with Crippen molar-refractivity contribution in [2.75, 3.05) is 16.8 Å². The summed E-state index contributed by atoms with van der Waals surface area (Å²) in [5.74, 6) is -0.706. The van der Waals surface area contributed by atoms with Crippen LogP contribution in [0.1, 0.15) is 31.7 Å². The summed E-state index contributed by atoms with van der Waals surface area (Å²) in [4.78, 5) is 38.2. The average Bonchev–Trinajstić information content (AvgIpc) is 2.99. The number of nitrogens with zero attached hydrogens (tertiary/aromatic N) is 2. The molecule has 2 amide bonds. The number of rotatable bonds is 6. The Morgan fingerprint density at radius 2 is 1.87 bits per heavy atom. The molecule has 8 heteroatoms. The molecule has 0 unspecified atom stereocenters. The van der Waals surface area contributed by atoms with Crippen LogP contribution in [-0.2, 0) is 16.0 Å². The van der Waals surface area contributed by atoms with E-state index in [0.29, 0.717) is 42.4 Å². The third kappa shape index (κ3) is 4.14. The highest BCUT2D eigenvalue weighted by atomic mass is 35.5. The van der Waals surface area contributed by atoms with Gasteiger partial charge in [-0.3, -0.25) is 19.7 Å². The van der Waals surface area contributed by atoms with Crippen molar-refractivity contribution < 1.29 is 14.5 Å². The minimum atomic E-state index is -0.499. The number of fused-ring (bicyclic) bond motifs is 1. The number of benzene rings is 2. The summed E-state index contributed by atoms with van der Waals surface area (Å²) in [5.41, 5.74) is 1.38. The monoisotopic (exact) mass is 441 g/mol. The van der Waals surface area contributed by atoms with Crippen molar-refractivity contribution in [3.05, 3.63) is 63.2 Å². The highest BCUT2D eigenvalue weighted by molar-refractivity contribution is 6.31. The van der Waals surface area contributed by atoms with Crippen LogP contribution in [-0.4, -0.2) is 23.3 Å². The normalized spacial score (nSPS) is 23.0. The van der Waals surface area contributed by atoms with E-state index in [0.717, 1.165) is 16.9 Å². The summed E-state index contributed by atoms with van der Waals surface area (Å²) in [7, 11) is 0. The number of nitro benzene ring substituents is 1. The number of carbonyl (C=O) groups excluding carboxylic acids is 2. The molecule has 1 aliphatic heterocycles. The summed E-state index contributed by atoms with van der Waals surface area (Å²) < 4.78 is 0. The van der Waals surface area contributed by atoms with Gasteiger partial charge in [0.2, 0.25) is 11.8 Å². The minimum absolute atomic E-state index is 0.166. The molecule has 1 saturated heterocycles. The molecule has 162 valence electrons. The molecule has 1 aliphatic carbocycles. The molecule has 0 radical (unpaired) electrons. The Morgan fingerprint density at radius 1 is 1.13 bits per heavy atom. The maximum absolute atomic E-state index is 12.9. The van der Waals surface area contributed by atoms with Crippen LogP contribution in [0.15, 0.2) is 42.5 Å². The number of halogens is 1. The molecule has 31 heavy (non-hydrogen) atoms. The van der Waals surface area contributed by atoms with Gasteiger partial charge in [0.1, 0.15) is 5.69 Å². The predicted octanol–water partition coefficient (Wildman–Crippen LogP) is 4.83. The Hall–Kier alpha value is -2.93. The van der Waals surface area contributed by atoms with E-state index in [2.05, 4.69) is 12.2 Å². The lowest BCUT2D eigenvalue weighted by atomic mass is 9.76. The Labute approximate surface area is 185 Å². The number of imide groups is 1. The van der Waals surface area contributed by atoms with Gasteiger partial charge in [-0.25, -0.2) is 4.90 Å². The third-order valence-corrected chi connectivity index (χ3v) is 6.66. The van der Waals surface area contributed by atoms with E-state index in [1.54, 1.807) is 18.2 Å². The van der Waals surface area contributed by atoms with Gasteiger partial charge in [-0.15, -0.1) is 0 Å². The van der Waals surface area contributed by atoms with E-state index in [1.807, 2.05) is 18.2 Å². The van der Waals surface area contributed by atoms with Crippen molar-refractivity contribution in [2.24, 2.45) is 17.8 Å². The van der Waals surface area contributed by atoms with Gasteiger partial charge in [0, 0.05) is 17.6 Å². The molecule has 2 fully saturated rings. The maximum atomic E-state index is 12.9. The number of anilines is 2. The Balaban J connectivity index is 1.53. The van der Waals surface area contributed by atoms with Crippen molar-refractivity contribution in [1.29, 1.82) is 0 Å². The first kappa shape index (κ1) is 21.3. The van der Waals surface area contributed by atoms with Gasteiger partial charge >= 0.3 is 0 Å². The third-order valence-electron chi connectivity index (χ3n) is 6.29. The van der Waals surface area contributed by atoms with Crippen LogP contribution in [0.4, 0.5) is 17.1 Å². The fraction of sp³-hybridized carbons (Fsp3) is 0.391. The zero-order valence-corrected chi connectivity index (χ0v) is 18.0. The second-order valence-electron chi connectivity index (χ2n) is 8.37. The molecule has 1 saturated carbocycles. The molecule has 1 heterocycles. The minimum Gasteiger partial charge on any atom is -0.379 e. The SMILES string of the molecule is C[C@@H]1CC[C@H]2C(=O)N(c3ccc(NCCc4ccccc4Cl)c([N+](=O)[O-])c3)C(=O)[C@@H]2C1. The fourth-order valence-corrected chi connectivity index (χ4v) is 4.87. The van der Waals surface area contributed by atoms with Gasteiger partial charge in [-0.05, 0) is 55.4 Å². The fourth-order valence-electron chi connectivity index (χ4n) is 4.64. The van der Waals surface area contributed by atoms with Crippen molar-refractivity contribution in [2.45, 2.75) is 32.6 Å². The topological polar surface area (TPSA) is 92.6 Å². The molecule has 0 bridgehead atoms. The highest BCUT2D eigenvalue weighted by Gasteiger charge is 2.50. The number of nitro groups is 1. The zero-order valence-electron chi connectivity index (χ0n) is 17.2. The molecule has 0 aromatic heterocycles. The molecule has 3 atom stereocenters. The molecule has 1 N–H and O–H groups in total. The van der Waals surface area contributed by atoms with Crippen molar-refractivity contribution in [3.63, 3.8) is 0 Å². The summed E-state index contributed by atoms with van der Waals surface area (Å²) in [6, 6.07) is 11.9. The largest absolute Gasteiger partial charge is 0.379 e. The van der Waals surface area contributed by atoms with Crippen molar-refractivity contribution in [1.82, 2.24) is 0 Å². The van der Waals surface area contributed by atoms with Crippen LogP contribution in [0.3, 0.4) is 0 Å². The van der Waals surface area contributed by atoms with Crippen LogP contribution < -0.4 is 10.2 Å². The second kappa shape index (κ2) is 8.67. The molecule has 4 rings (SSSR count). The van der Waals surface area contributed by atoms with Crippen LogP contribution >= 0.6 is 11.6 Å². The first-order valence-electron chi connectivity index (χ1n) is 10.5. The van der Waals surface area contributed by atoms with Gasteiger partial charge in [0.25, 0.3) is 5.69 Å². The molecular weight excluding hydrogens is 418 g/mol. The van der Waals surface area contributed by atoms with Crippen LogP contribution in [0.2, 0.25) is 5.02 Å². The Bertz CT molecular complexity index is 1040. The summed E-state index contributed by atoms with van der Waals surface area (Å²) in [6.07, 6.45) is 2.90. The lowest BCUT2D eigenvalue weighted by Crippen LogP contribution is -2.31.